The molecule has 0 aromatic carbocycles. The van der Waals surface area contributed by atoms with E-state index in [0.717, 1.165) is 32.1 Å². The molecule has 150 valence electrons. The molecule has 2 aliphatic rings. The summed E-state index contributed by atoms with van der Waals surface area (Å²) in [6.45, 7) is 4.48. The fourth-order valence-corrected chi connectivity index (χ4v) is 4.29. The SMILES string of the molecule is CC(C)(CO)N(Cc1ccco1)C(=O)C1CCCN1C(=O)C1CCCCC1. The topological polar surface area (TPSA) is 74.0 Å². The third kappa shape index (κ3) is 4.37. The van der Waals surface area contributed by atoms with E-state index < -0.39 is 11.6 Å². The Morgan fingerprint density at radius 3 is 2.59 bits per heavy atom. The van der Waals surface area contributed by atoms with Crippen LogP contribution in [0.5, 0.6) is 0 Å². The highest BCUT2D eigenvalue weighted by molar-refractivity contribution is 5.89. The molecule has 1 aromatic rings. The molecule has 2 amide bonds. The summed E-state index contributed by atoms with van der Waals surface area (Å²) in [5.74, 6) is 0.793. The molecule has 6 nitrogen and oxygen atoms in total. The van der Waals surface area contributed by atoms with Gasteiger partial charge < -0.3 is 19.3 Å². The van der Waals surface area contributed by atoms with Crippen molar-refractivity contribution in [1.82, 2.24) is 9.80 Å². The number of carbonyl (C=O) groups excluding carboxylic acids is 2. The maximum Gasteiger partial charge on any atom is 0.246 e. The summed E-state index contributed by atoms with van der Waals surface area (Å²) in [7, 11) is 0. The Labute approximate surface area is 161 Å². The van der Waals surface area contributed by atoms with Crippen LogP contribution in [0, 0.1) is 5.92 Å². The van der Waals surface area contributed by atoms with E-state index in [9.17, 15) is 14.7 Å². The first-order valence-electron chi connectivity index (χ1n) is 10.2. The molecule has 1 atom stereocenters. The zero-order valence-electron chi connectivity index (χ0n) is 16.5. The van der Waals surface area contributed by atoms with Gasteiger partial charge in [0, 0.05) is 12.5 Å². The summed E-state index contributed by atoms with van der Waals surface area (Å²) in [5, 5.41) is 9.86. The predicted molar refractivity (Wildman–Crippen MR) is 102 cm³/mol. The molecule has 1 N–H and O–H groups in total. The van der Waals surface area contributed by atoms with E-state index in [1.54, 1.807) is 22.1 Å². The number of amides is 2. The lowest BCUT2D eigenvalue weighted by Gasteiger charge is -2.40. The van der Waals surface area contributed by atoms with E-state index in [1.807, 2.05) is 19.9 Å². The molecular weight excluding hydrogens is 344 g/mol. The summed E-state index contributed by atoms with van der Waals surface area (Å²) in [6.07, 6.45) is 8.40. The van der Waals surface area contributed by atoms with Crippen LogP contribution in [0.2, 0.25) is 0 Å². The van der Waals surface area contributed by atoms with Crippen LogP contribution < -0.4 is 0 Å². The number of nitrogens with zero attached hydrogens (tertiary/aromatic N) is 2. The summed E-state index contributed by atoms with van der Waals surface area (Å²) in [6, 6.07) is 3.19. The van der Waals surface area contributed by atoms with Crippen molar-refractivity contribution in [3.63, 3.8) is 0 Å². The van der Waals surface area contributed by atoms with Crippen molar-refractivity contribution in [2.24, 2.45) is 5.92 Å². The van der Waals surface area contributed by atoms with Gasteiger partial charge in [0.25, 0.3) is 0 Å². The molecule has 3 rings (SSSR count). The molecule has 1 aliphatic heterocycles. The average Bonchev–Trinajstić information content (AvgIpc) is 3.37. The van der Waals surface area contributed by atoms with Crippen LogP contribution in [-0.4, -0.2) is 51.5 Å². The van der Waals surface area contributed by atoms with Crippen LogP contribution in [-0.2, 0) is 16.1 Å². The monoisotopic (exact) mass is 376 g/mol. The minimum atomic E-state index is -0.730. The van der Waals surface area contributed by atoms with Gasteiger partial charge in [0.1, 0.15) is 11.8 Å². The van der Waals surface area contributed by atoms with Gasteiger partial charge >= 0.3 is 0 Å². The average molecular weight is 376 g/mol. The van der Waals surface area contributed by atoms with E-state index in [4.69, 9.17) is 4.42 Å². The molecule has 6 heteroatoms. The van der Waals surface area contributed by atoms with Crippen molar-refractivity contribution in [2.75, 3.05) is 13.2 Å². The molecule has 0 bridgehead atoms. The number of carbonyl (C=O) groups is 2. The van der Waals surface area contributed by atoms with Crippen LogP contribution >= 0.6 is 0 Å². The van der Waals surface area contributed by atoms with Gasteiger partial charge in [0.15, 0.2) is 0 Å². The van der Waals surface area contributed by atoms with Gasteiger partial charge in [-0.25, -0.2) is 0 Å². The van der Waals surface area contributed by atoms with E-state index in [1.165, 1.54) is 6.42 Å². The quantitative estimate of drug-likeness (QED) is 0.828. The van der Waals surface area contributed by atoms with E-state index in [2.05, 4.69) is 0 Å². The van der Waals surface area contributed by atoms with Gasteiger partial charge in [0.05, 0.1) is 25.0 Å². The number of hydrogen-bond acceptors (Lipinski definition) is 4. The van der Waals surface area contributed by atoms with Crippen molar-refractivity contribution in [3.05, 3.63) is 24.2 Å². The van der Waals surface area contributed by atoms with Crippen LogP contribution in [0.4, 0.5) is 0 Å². The van der Waals surface area contributed by atoms with E-state index in [0.29, 0.717) is 25.3 Å². The molecule has 1 saturated carbocycles. The van der Waals surface area contributed by atoms with Crippen molar-refractivity contribution >= 4 is 11.8 Å². The zero-order chi connectivity index (χ0) is 19.4. The van der Waals surface area contributed by atoms with Gasteiger partial charge in [-0.05, 0) is 51.7 Å². The van der Waals surface area contributed by atoms with Crippen molar-refractivity contribution in [3.8, 4) is 0 Å². The third-order valence-electron chi connectivity index (χ3n) is 6.05. The third-order valence-corrected chi connectivity index (χ3v) is 6.05. The Hall–Kier alpha value is -1.82. The molecule has 0 spiro atoms. The summed E-state index contributed by atoms with van der Waals surface area (Å²) in [4.78, 5) is 30.0. The lowest BCUT2D eigenvalue weighted by molar-refractivity contribution is -0.151. The fraction of sp³-hybridized carbons (Fsp3) is 0.714. The Bertz CT molecular complexity index is 635. The zero-order valence-corrected chi connectivity index (χ0v) is 16.5. The Morgan fingerprint density at radius 2 is 1.96 bits per heavy atom. The van der Waals surface area contributed by atoms with Crippen molar-refractivity contribution in [1.29, 1.82) is 0 Å². The van der Waals surface area contributed by atoms with Gasteiger partial charge in [0.2, 0.25) is 11.8 Å². The van der Waals surface area contributed by atoms with Gasteiger partial charge in [-0.3, -0.25) is 9.59 Å². The second-order valence-electron chi connectivity index (χ2n) is 8.50. The molecule has 1 unspecified atom stereocenters. The first kappa shape index (κ1) is 19.9. The van der Waals surface area contributed by atoms with Gasteiger partial charge in [-0.1, -0.05) is 19.3 Å². The molecular formula is C21H32N2O4. The second kappa shape index (κ2) is 8.46. The lowest BCUT2D eigenvalue weighted by Crippen LogP contribution is -2.56. The summed E-state index contributed by atoms with van der Waals surface area (Å²) < 4.78 is 5.43. The summed E-state index contributed by atoms with van der Waals surface area (Å²) in [5.41, 5.74) is -0.730. The van der Waals surface area contributed by atoms with Crippen LogP contribution in [0.25, 0.3) is 0 Å². The fourth-order valence-electron chi connectivity index (χ4n) is 4.29. The molecule has 0 radical (unpaired) electrons. The maximum atomic E-state index is 13.5. The number of hydrogen-bond donors (Lipinski definition) is 1. The highest BCUT2D eigenvalue weighted by Crippen LogP contribution is 2.31. The second-order valence-corrected chi connectivity index (χ2v) is 8.50. The molecule has 1 saturated heterocycles. The number of likely N-dealkylation sites (tertiary alicyclic amines) is 1. The minimum absolute atomic E-state index is 0.0662. The van der Waals surface area contributed by atoms with Crippen LogP contribution in [0.1, 0.15) is 64.6 Å². The molecule has 1 aromatic heterocycles. The summed E-state index contributed by atoms with van der Waals surface area (Å²) >= 11 is 0. The van der Waals surface area contributed by atoms with E-state index in [-0.39, 0.29) is 24.3 Å². The highest BCUT2D eigenvalue weighted by Gasteiger charge is 2.42. The number of aliphatic hydroxyl groups excluding tert-OH is 1. The maximum absolute atomic E-state index is 13.5. The number of aliphatic hydroxyl groups is 1. The smallest absolute Gasteiger partial charge is 0.246 e. The molecule has 2 heterocycles. The van der Waals surface area contributed by atoms with Gasteiger partial charge in [-0.2, -0.15) is 0 Å². The number of furan rings is 1. The molecule has 2 fully saturated rings. The highest BCUT2D eigenvalue weighted by atomic mass is 16.3. The van der Waals surface area contributed by atoms with Crippen LogP contribution in [0.3, 0.4) is 0 Å². The van der Waals surface area contributed by atoms with Crippen molar-refractivity contribution < 1.29 is 19.1 Å². The van der Waals surface area contributed by atoms with Gasteiger partial charge in [-0.15, -0.1) is 0 Å². The Morgan fingerprint density at radius 1 is 1.22 bits per heavy atom. The molecule has 1 aliphatic carbocycles. The molecule has 27 heavy (non-hydrogen) atoms. The lowest BCUT2D eigenvalue weighted by atomic mass is 9.88. The Balaban J connectivity index is 1.77. The normalized spacial score (nSPS) is 21.4. The largest absolute Gasteiger partial charge is 0.467 e. The first-order chi connectivity index (χ1) is 12.9. The number of rotatable bonds is 6. The van der Waals surface area contributed by atoms with Crippen LogP contribution in [0.15, 0.2) is 22.8 Å². The standard InChI is InChI=1S/C21H32N2O4/c1-21(2,15-24)23(14-17-10-7-13-27-17)20(26)18-11-6-12-22(18)19(25)16-8-4-3-5-9-16/h7,10,13,16,18,24H,3-6,8-9,11-12,14-15H2,1-2H3. The van der Waals surface area contributed by atoms with Crippen molar-refractivity contribution in [2.45, 2.75) is 76.9 Å². The van der Waals surface area contributed by atoms with E-state index >= 15 is 0 Å². The first-order valence-corrected chi connectivity index (χ1v) is 10.2. The Kier molecular flexibility index (Phi) is 6.25. The minimum Gasteiger partial charge on any atom is -0.467 e. The predicted octanol–water partition coefficient (Wildman–Crippen LogP) is 2.95.